The van der Waals surface area contributed by atoms with Gasteiger partial charge in [-0.15, -0.1) is 0 Å². The molecule has 1 aliphatic rings. The smallest absolute Gasteiger partial charge is 0.231 e. The van der Waals surface area contributed by atoms with Crippen LogP contribution in [0.25, 0.3) is 22.3 Å². The number of rotatable bonds is 2. The van der Waals surface area contributed by atoms with Crippen molar-refractivity contribution >= 4 is 16.7 Å². The van der Waals surface area contributed by atoms with Crippen LogP contribution in [0.2, 0.25) is 0 Å². The fourth-order valence-corrected chi connectivity index (χ4v) is 3.31. The van der Waals surface area contributed by atoms with E-state index >= 15 is 0 Å². The predicted molar refractivity (Wildman–Crippen MR) is 98.7 cm³/mol. The first kappa shape index (κ1) is 14.6. The first-order valence-corrected chi connectivity index (χ1v) is 8.19. The third kappa shape index (κ3) is 2.38. The van der Waals surface area contributed by atoms with Crippen LogP contribution in [0.4, 0.5) is 5.69 Å². The van der Waals surface area contributed by atoms with Crippen molar-refractivity contribution in [3.63, 3.8) is 0 Å². The van der Waals surface area contributed by atoms with E-state index < -0.39 is 0 Å². The maximum atomic E-state index is 4.64. The molecular weight excluding hydrogens is 294 g/mol. The molecule has 0 radical (unpaired) electrons. The van der Waals surface area contributed by atoms with Gasteiger partial charge in [-0.25, -0.2) is 4.98 Å². The number of allylic oxidation sites excluding steroid dienone is 2. The molecule has 0 atom stereocenters. The molecule has 2 heterocycles. The Hall–Kier alpha value is -2.94. The number of aromatic nitrogens is 2. The monoisotopic (exact) mass is 314 g/mol. The number of aryl methyl sites for hydroxylation is 1. The van der Waals surface area contributed by atoms with Crippen molar-refractivity contribution in [3.05, 3.63) is 78.7 Å². The summed E-state index contributed by atoms with van der Waals surface area (Å²) in [7, 11) is 2.11. The SMILES string of the molecule is Cc1c(-c2cnc3ccccc3[n+]2C)cccc1N1C=CC=CC1. The largest absolute Gasteiger partial charge is 0.344 e. The third-order valence-electron chi connectivity index (χ3n) is 4.64. The summed E-state index contributed by atoms with van der Waals surface area (Å²) in [4.78, 5) is 6.91. The second-order valence-corrected chi connectivity index (χ2v) is 6.06. The molecule has 3 nitrogen and oxygen atoms in total. The van der Waals surface area contributed by atoms with Crippen molar-refractivity contribution < 1.29 is 4.57 Å². The molecule has 0 amide bonds. The second-order valence-electron chi connectivity index (χ2n) is 6.06. The summed E-state index contributed by atoms with van der Waals surface area (Å²) in [5.74, 6) is 0. The number of para-hydroxylation sites is 2. The van der Waals surface area contributed by atoms with Gasteiger partial charge >= 0.3 is 0 Å². The molecule has 0 saturated carbocycles. The fourth-order valence-electron chi connectivity index (χ4n) is 3.31. The van der Waals surface area contributed by atoms with Crippen LogP contribution >= 0.6 is 0 Å². The molecule has 0 bridgehead atoms. The number of nitrogens with zero attached hydrogens (tertiary/aromatic N) is 3. The van der Waals surface area contributed by atoms with Gasteiger partial charge in [0.25, 0.3) is 0 Å². The van der Waals surface area contributed by atoms with Gasteiger partial charge in [0.2, 0.25) is 11.2 Å². The number of hydrogen-bond acceptors (Lipinski definition) is 2. The number of anilines is 1. The molecule has 1 aliphatic heterocycles. The molecule has 1 aromatic heterocycles. The molecule has 3 heteroatoms. The van der Waals surface area contributed by atoms with Crippen LogP contribution in [-0.4, -0.2) is 11.5 Å². The average molecular weight is 314 g/mol. The molecule has 0 aliphatic carbocycles. The van der Waals surface area contributed by atoms with Gasteiger partial charge in [0.05, 0.1) is 5.56 Å². The van der Waals surface area contributed by atoms with E-state index in [0.717, 1.165) is 23.3 Å². The molecular formula is C21H20N3+. The van der Waals surface area contributed by atoms with Gasteiger partial charge in [-0.05, 0) is 36.8 Å². The highest BCUT2D eigenvalue weighted by atomic mass is 15.1. The minimum atomic E-state index is 0.906. The Morgan fingerprint density at radius 1 is 1.04 bits per heavy atom. The van der Waals surface area contributed by atoms with Crippen LogP contribution < -0.4 is 9.47 Å². The molecule has 0 saturated heterocycles. The van der Waals surface area contributed by atoms with E-state index in [-0.39, 0.29) is 0 Å². The van der Waals surface area contributed by atoms with E-state index in [2.05, 4.69) is 83.2 Å². The Kier molecular flexibility index (Phi) is 3.62. The zero-order valence-electron chi connectivity index (χ0n) is 14.0. The van der Waals surface area contributed by atoms with Gasteiger partial charge in [-0.2, -0.15) is 4.57 Å². The maximum absolute atomic E-state index is 4.64. The zero-order valence-corrected chi connectivity index (χ0v) is 14.0. The lowest BCUT2D eigenvalue weighted by molar-refractivity contribution is -0.633. The fraction of sp³-hybridized carbons (Fsp3) is 0.143. The van der Waals surface area contributed by atoms with E-state index in [4.69, 9.17) is 0 Å². The zero-order chi connectivity index (χ0) is 16.5. The lowest BCUT2D eigenvalue weighted by atomic mass is 10.0. The topological polar surface area (TPSA) is 20.0 Å². The Bertz CT molecular complexity index is 970. The summed E-state index contributed by atoms with van der Waals surface area (Å²) in [6.07, 6.45) is 10.4. The van der Waals surface area contributed by atoms with E-state index in [1.807, 2.05) is 18.3 Å². The lowest BCUT2D eigenvalue weighted by Crippen LogP contribution is -2.32. The maximum Gasteiger partial charge on any atom is 0.231 e. The molecule has 118 valence electrons. The van der Waals surface area contributed by atoms with Crippen molar-refractivity contribution in [2.45, 2.75) is 6.92 Å². The van der Waals surface area contributed by atoms with Gasteiger partial charge in [-0.3, -0.25) is 0 Å². The van der Waals surface area contributed by atoms with Crippen molar-refractivity contribution in [2.24, 2.45) is 7.05 Å². The molecule has 0 unspecified atom stereocenters. The van der Waals surface area contributed by atoms with Gasteiger partial charge < -0.3 is 4.90 Å². The van der Waals surface area contributed by atoms with Crippen LogP contribution in [0.5, 0.6) is 0 Å². The minimum absolute atomic E-state index is 0.906. The van der Waals surface area contributed by atoms with Crippen LogP contribution in [0.15, 0.2) is 73.1 Å². The quantitative estimate of drug-likeness (QED) is 0.668. The van der Waals surface area contributed by atoms with E-state index in [1.165, 1.54) is 16.8 Å². The number of hydrogen-bond donors (Lipinski definition) is 0. The molecule has 4 rings (SSSR count). The number of benzene rings is 2. The van der Waals surface area contributed by atoms with Crippen LogP contribution in [0, 0.1) is 6.92 Å². The molecule has 0 spiro atoms. The summed E-state index contributed by atoms with van der Waals surface area (Å²) in [6, 6.07) is 14.7. The summed E-state index contributed by atoms with van der Waals surface area (Å²) >= 11 is 0. The summed E-state index contributed by atoms with van der Waals surface area (Å²) < 4.78 is 2.22. The Labute approximate surface area is 142 Å². The summed E-state index contributed by atoms with van der Waals surface area (Å²) in [5.41, 5.74) is 7.01. The van der Waals surface area contributed by atoms with Gasteiger partial charge in [-0.1, -0.05) is 30.4 Å². The highest BCUT2D eigenvalue weighted by Crippen LogP contribution is 2.30. The molecule has 2 aromatic carbocycles. The Balaban J connectivity index is 1.87. The standard InChI is InChI=1S/C21H20N3/c1-16-17(9-8-12-19(16)24-13-6-3-7-14-24)21-15-22-18-10-4-5-11-20(18)23(21)2/h3-13,15H,14H2,1-2H3/q+1. The van der Waals surface area contributed by atoms with E-state index in [0.29, 0.717) is 0 Å². The summed E-state index contributed by atoms with van der Waals surface area (Å²) in [5, 5.41) is 0. The van der Waals surface area contributed by atoms with E-state index in [1.54, 1.807) is 0 Å². The Morgan fingerprint density at radius 2 is 1.92 bits per heavy atom. The van der Waals surface area contributed by atoms with Crippen LogP contribution in [-0.2, 0) is 7.05 Å². The van der Waals surface area contributed by atoms with Crippen molar-refractivity contribution in [1.29, 1.82) is 0 Å². The molecule has 3 aromatic rings. The first-order valence-electron chi connectivity index (χ1n) is 8.19. The second kappa shape index (κ2) is 5.93. The van der Waals surface area contributed by atoms with Crippen LogP contribution in [0.3, 0.4) is 0 Å². The lowest BCUT2D eigenvalue weighted by Gasteiger charge is -2.23. The van der Waals surface area contributed by atoms with Gasteiger partial charge in [0.15, 0.2) is 0 Å². The van der Waals surface area contributed by atoms with Gasteiger partial charge in [0.1, 0.15) is 18.8 Å². The summed E-state index contributed by atoms with van der Waals surface area (Å²) in [6.45, 7) is 3.09. The number of fused-ring (bicyclic) bond motifs is 1. The molecule has 24 heavy (non-hydrogen) atoms. The van der Waals surface area contributed by atoms with E-state index in [9.17, 15) is 0 Å². The average Bonchev–Trinajstić information content (AvgIpc) is 2.64. The Morgan fingerprint density at radius 3 is 2.75 bits per heavy atom. The first-order chi connectivity index (χ1) is 11.8. The third-order valence-corrected chi connectivity index (χ3v) is 4.64. The minimum Gasteiger partial charge on any atom is -0.344 e. The predicted octanol–water partition coefficient (Wildman–Crippen LogP) is 3.92. The normalized spacial score (nSPS) is 13.7. The highest BCUT2D eigenvalue weighted by Gasteiger charge is 2.19. The van der Waals surface area contributed by atoms with Crippen molar-refractivity contribution in [3.8, 4) is 11.3 Å². The van der Waals surface area contributed by atoms with Crippen molar-refractivity contribution in [2.75, 3.05) is 11.4 Å². The van der Waals surface area contributed by atoms with Crippen molar-refractivity contribution in [1.82, 2.24) is 4.98 Å². The van der Waals surface area contributed by atoms with Gasteiger partial charge in [0, 0.05) is 24.5 Å². The molecule has 0 N–H and O–H groups in total. The van der Waals surface area contributed by atoms with Crippen LogP contribution in [0.1, 0.15) is 5.56 Å². The molecule has 0 fully saturated rings. The highest BCUT2D eigenvalue weighted by molar-refractivity contribution is 5.75.